The SMILES string of the molecule is CCC(N)C(c1ccc(C)o1)N(CC)C(C)COC. The highest BCUT2D eigenvalue weighted by molar-refractivity contribution is 5.12. The highest BCUT2D eigenvalue weighted by atomic mass is 16.5. The van der Waals surface area contributed by atoms with Crippen molar-refractivity contribution in [2.24, 2.45) is 5.73 Å². The highest BCUT2D eigenvalue weighted by Gasteiger charge is 2.30. The van der Waals surface area contributed by atoms with Crippen LogP contribution in [0.3, 0.4) is 0 Å². The third-order valence-corrected chi connectivity index (χ3v) is 3.63. The molecule has 19 heavy (non-hydrogen) atoms. The van der Waals surface area contributed by atoms with Crippen LogP contribution in [0.15, 0.2) is 16.5 Å². The van der Waals surface area contributed by atoms with Crippen LogP contribution in [0.5, 0.6) is 0 Å². The van der Waals surface area contributed by atoms with Crippen molar-refractivity contribution in [1.82, 2.24) is 4.90 Å². The summed E-state index contributed by atoms with van der Waals surface area (Å²) in [6.07, 6.45) is 0.917. The minimum Gasteiger partial charge on any atom is -0.465 e. The van der Waals surface area contributed by atoms with Gasteiger partial charge >= 0.3 is 0 Å². The van der Waals surface area contributed by atoms with E-state index in [1.54, 1.807) is 7.11 Å². The van der Waals surface area contributed by atoms with E-state index in [4.69, 9.17) is 14.9 Å². The normalized spacial score (nSPS) is 16.6. The van der Waals surface area contributed by atoms with Gasteiger partial charge in [-0.3, -0.25) is 4.90 Å². The molecular formula is C15H28N2O2. The molecule has 0 saturated heterocycles. The first-order valence-electron chi connectivity index (χ1n) is 7.11. The predicted octanol–water partition coefficient (Wildman–Crippen LogP) is 2.72. The molecule has 2 N–H and O–H groups in total. The second-order valence-corrected chi connectivity index (χ2v) is 5.10. The summed E-state index contributed by atoms with van der Waals surface area (Å²) in [6.45, 7) is 10.0. The molecule has 0 radical (unpaired) electrons. The average molecular weight is 268 g/mol. The van der Waals surface area contributed by atoms with Crippen molar-refractivity contribution >= 4 is 0 Å². The Morgan fingerprint density at radius 2 is 2.05 bits per heavy atom. The van der Waals surface area contributed by atoms with Crippen LogP contribution in [-0.2, 0) is 4.74 Å². The molecule has 1 aromatic heterocycles. The van der Waals surface area contributed by atoms with Crippen LogP contribution in [-0.4, -0.2) is 37.2 Å². The monoisotopic (exact) mass is 268 g/mol. The maximum absolute atomic E-state index is 6.33. The first-order valence-corrected chi connectivity index (χ1v) is 7.11. The van der Waals surface area contributed by atoms with Gasteiger partial charge in [0.05, 0.1) is 12.6 Å². The minimum absolute atomic E-state index is 0.0600. The number of nitrogens with zero attached hydrogens (tertiary/aromatic N) is 1. The van der Waals surface area contributed by atoms with Gasteiger partial charge in [0.15, 0.2) is 0 Å². The fraction of sp³-hybridized carbons (Fsp3) is 0.733. The topological polar surface area (TPSA) is 51.6 Å². The summed E-state index contributed by atoms with van der Waals surface area (Å²) in [5, 5.41) is 0. The van der Waals surface area contributed by atoms with Gasteiger partial charge in [0.1, 0.15) is 11.5 Å². The summed E-state index contributed by atoms with van der Waals surface area (Å²) in [5.74, 6) is 1.88. The van der Waals surface area contributed by atoms with E-state index in [0.717, 1.165) is 24.5 Å². The number of methoxy groups -OCH3 is 1. The fourth-order valence-electron chi connectivity index (χ4n) is 2.58. The molecule has 0 bridgehead atoms. The highest BCUT2D eigenvalue weighted by Crippen LogP contribution is 2.28. The zero-order valence-corrected chi connectivity index (χ0v) is 12.8. The van der Waals surface area contributed by atoms with Crippen LogP contribution in [0.4, 0.5) is 0 Å². The van der Waals surface area contributed by atoms with E-state index in [-0.39, 0.29) is 12.1 Å². The molecule has 3 unspecified atom stereocenters. The van der Waals surface area contributed by atoms with E-state index in [0.29, 0.717) is 12.6 Å². The van der Waals surface area contributed by atoms with Crippen molar-refractivity contribution in [2.75, 3.05) is 20.3 Å². The summed E-state index contributed by atoms with van der Waals surface area (Å²) in [7, 11) is 1.73. The summed E-state index contributed by atoms with van der Waals surface area (Å²) >= 11 is 0. The zero-order valence-electron chi connectivity index (χ0n) is 12.8. The van der Waals surface area contributed by atoms with Crippen LogP contribution >= 0.6 is 0 Å². The third kappa shape index (κ3) is 4.06. The molecule has 0 aliphatic rings. The fourth-order valence-corrected chi connectivity index (χ4v) is 2.58. The van der Waals surface area contributed by atoms with Gasteiger partial charge in [-0.2, -0.15) is 0 Å². The Labute approximate surface area is 116 Å². The molecule has 4 nitrogen and oxygen atoms in total. The minimum atomic E-state index is 0.0600. The maximum Gasteiger partial charge on any atom is 0.122 e. The molecule has 110 valence electrons. The summed E-state index contributed by atoms with van der Waals surface area (Å²) in [6, 6.07) is 4.51. The number of rotatable bonds is 8. The summed E-state index contributed by atoms with van der Waals surface area (Å²) < 4.78 is 11.1. The second-order valence-electron chi connectivity index (χ2n) is 5.10. The molecule has 4 heteroatoms. The molecule has 0 aliphatic heterocycles. The maximum atomic E-state index is 6.33. The Morgan fingerprint density at radius 1 is 1.37 bits per heavy atom. The number of hydrogen-bond donors (Lipinski definition) is 1. The molecular weight excluding hydrogens is 240 g/mol. The second kappa shape index (κ2) is 7.68. The lowest BCUT2D eigenvalue weighted by Crippen LogP contribution is -2.46. The number of hydrogen-bond acceptors (Lipinski definition) is 4. The molecule has 1 rings (SSSR count). The van der Waals surface area contributed by atoms with Gasteiger partial charge in [0, 0.05) is 19.2 Å². The Balaban J connectivity index is 3.00. The number of furan rings is 1. The third-order valence-electron chi connectivity index (χ3n) is 3.63. The van der Waals surface area contributed by atoms with Crippen LogP contribution in [0.25, 0.3) is 0 Å². The number of ether oxygens (including phenoxy) is 1. The van der Waals surface area contributed by atoms with Crippen molar-refractivity contribution < 1.29 is 9.15 Å². The lowest BCUT2D eigenvalue weighted by Gasteiger charge is -2.37. The molecule has 1 heterocycles. The molecule has 0 aromatic carbocycles. The van der Waals surface area contributed by atoms with Crippen molar-refractivity contribution in [1.29, 1.82) is 0 Å². The predicted molar refractivity (Wildman–Crippen MR) is 78.2 cm³/mol. The Bertz CT molecular complexity index is 365. The average Bonchev–Trinajstić information content (AvgIpc) is 2.81. The lowest BCUT2D eigenvalue weighted by atomic mass is 10.0. The Hall–Kier alpha value is -0.840. The molecule has 3 atom stereocenters. The van der Waals surface area contributed by atoms with Crippen LogP contribution in [0, 0.1) is 6.92 Å². The quantitative estimate of drug-likeness (QED) is 0.787. The van der Waals surface area contributed by atoms with Crippen LogP contribution < -0.4 is 5.73 Å². The number of aryl methyl sites for hydroxylation is 1. The van der Waals surface area contributed by atoms with Gasteiger partial charge in [0.2, 0.25) is 0 Å². The van der Waals surface area contributed by atoms with Gasteiger partial charge in [-0.1, -0.05) is 13.8 Å². The molecule has 0 spiro atoms. The summed E-state index contributed by atoms with van der Waals surface area (Å²) in [4.78, 5) is 2.36. The number of nitrogens with two attached hydrogens (primary N) is 1. The first kappa shape index (κ1) is 16.2. The van der Waals surface area contributed by atoms with E-state index in [1.165, 1.54) is 0 Å². The van der Waals surface area contributed by atoms with E-state index in [1.807, 2.05) is 19.1 Å². The smallest absolute Gasteiger partial charge is 0.122 e. The Morgan fingerprint density at radius 3 is 2.47 bits per heavy atom. The number of likely N-dealkylation sites (N-methyl/N-ethyl adjacent to an activating group) is 1. The lowest BCUT2D eigenvalue weighted by molar-refractivity contribution is 0.0543. The van der Waals surface area contributed by atoms with E-state index >= 15 is 0 Å². The van der Waals surface area contributed by atoms with Crippen molar-refractivity contribution in [3.63, 3.8) is 0 Å². The van der Waals surface area contributed by atoms with E-state index in [9.17, 15) is 0 Å². The first-order chi connectivity index (χ1) is 9.04. The Kier molecular flexibility index (Phi) is 6.55. The largest absolute Gasteiger partial charge is 0.465 e. The van der Waals surface area contributed by atoms with E-state index < -0.39 is 0 Å². The van der Waals surface area contributed by atoms with E-state index in [2.05, 4.69) is 25.7 Å². The van der Waals surface area contributed by atoms with Crippen LogP contribution in [0.2, 0.25) is 0 Å². The van der Waals surface area contributed by atoms with Gasteiger partial charge < -0.3 is 14.9 Å². The van der Waals surface area contributed by atoms with Gasteiger partial charge in [-0.05, 0) is 38.9 Å². The molecule has 0 aliphatic carbocycles. The van der Waals surface area contributed by atoms with Crippen LogP contribution in [0.1, 0.15) is 44.8 Å². The van der Waals surface area contributed by atoms with Crippen molar-refractivity contribution in [3.8, 4) is 0 Å². The van der Waals surface area contributed by atoms with Gasteiger partial charge in [0.25, 0.3) is 0 Å². The molecule has 0 fully saturated rings. The molecule has 0 saturated carbocycles. The van der Waals surface area contributed by atoms with Gasteiger partial charge in [-0.15, -0.1) is 0 Å². The zero-order chi connectivity index (χ0) is 14.4. The molecule has 0 amide bonds. The van der Waals surface area contributed by atoms with Crippen molar-refractivity contribution in [3.05, 3.63) is 23.7 Å². The standard InChI is InChI=1S/C15H28N2O2/c1-6-13(16)15(14-9-8-12(4)19-14)17(7-2)11(3)10-18-5/h8-9,11,13,15H,6-7,10,16H2,1-5H3. The van der Waals surface area contributed by atoms with Gasteiger partial charge in [-0.25, -0.2) is 0 Å². The van der Waals surface area contributed by atoms with Crippen molar-refractivity contribution in [2.45, 2.75) is 52.2 Å². The summed E-state index contributed by atoms with van der Waals surface area (Å²) in [5.41, 5.74) is 6.33. The molecule has 1 aromatic rings.